The second kappa shape index (κ2) is 4.81. The van der Waals surface area contributed by atoms with Crippen LogP contribution in [0.2, 0.25) is 0 Å². The van der Waals surface area contributed by atoms with Crippen LogP contribution in [0, 0.1) is 6.92 Å². The maximum Gasteiger partial charge on any atom is 0.180 e. The summed E-state index contributed by atoms with van der Waals surface area (Å²) in [5.41, 5.74) is 6.83. The Morgan fingerprint density at radius 1 is 1.33 bits per heavy atom. The summed E-state index contributed by atoms with van der Waals surface area (Å²) in [6.07, 6.45) is 3.36. The van der Waals surface area contributed by atoms with E-state index in [-0.39, 0.29) is 5.75 Å². The molecule has 1 aromatic heterocycles. The van der Waals surface area contributed by atoms with Gasteiger partial charge in [0.25, 0.3) is 0 Å². The number of nitrogen functional groups attached to an aromatic ring is 1. The summed E-state index contributed by atoms with van der Waals surface area (Å²) >= 11 is 0. The van der Waals surface area contributed by atoms with Crippen molar-refractivity contribution in [2.24, 2.45) is 0 Å². The molecule has 0 spiro atoms. The van der Waals surface area contributed by atoms with Gasteiger partial charge in [0.2, 0.25) is 0 Å². The molecule has 0 amide bonds. The van der Waals surface area contributed by atoms with Gasteiger partial charge in [-0.05, 0) is 30.7 Å². The number of nitrogens with two attached hydrogens (primary N) is 1. The summed E-state index contributed by atoms with van der Waals surface area (Å²) in [5, 5.41) is 3.98. The molecule has 0 saturated heterocycles. The van der Waals surface area contributed by atoms with Crippen LogP contribution in [0.5, 0.6) is 0 Å². The van der Waals surface area contributed by atoms with Crippen molar-refractivity contribution in [3.05, 3.63) is 42.2 Å². The smallest absolute Gasteiger partial charge is 0.180 e. The van der Waals surface area contributed by atoms with Crippen molar-refractivity contribution in [1.82, 2.24) is 9.78 Å². The van der Waals surface area contributed by atoms with Gasteiger partial charge in [-0.3, -0.25) is 4.68 Å². The van der Waals surface area contributed by atoms with Crippen molar-refractivity contribution in [3.63, 3.8) is 0 Å². The van der Waals surface area contributed by atoms with Crippen LogP contribution >= 0.6 is 0 Å². The summed E-state index contributed by atoms with van der Waals surface area (Å²) in [7, 11) is -3.33. The third-order valence-electron chi connectivity index (χ3n) is 2.81. The molecule has 0 radical (unpaired) electrons. The highest BCUT2D eigenvalue weighted by atomic mass is 32.2. The Hall–Kier alpha value is -1.82. The lowest BCUT2D eigenvalue weighted by molar-refractivity contribution is 0.580. The molecule has 2 aromatic rings. The fraction of sp³-hybridized carbons (Fsp3) is 0.250. The van der Waals surface area contributed by atoms with Gasteiger partial charge >= 0.3 is 0 Å². The molecule has 1 aromatic carbocycles. The minimum absolute atomic E-state index is 0.0129. The standard InChI is InChI=1S/C12H15N3O2S/c1-10-11(13)4-2-5-12(10)18(16,17)9-8-15-7-3-6-14-15/h2-7H,8-9,13H2,1H3. The first-order chi connectivity index (χ1) is 8.50. The number of anilines is 1. The lowest BCUT2D eigenvalue weighted by Gasteiger charge is -2.09. The highest BCUT2D eigenvalue weighted by Crippen LogP contribution is 2.21. The van der Waals surface area contributed by atoms with Gasteiger partial charge in [-0.15, -0.1) is 0 Å². The lowest BCUT2D eigenvalue weighted by atomic mass is 10.2. The number of aromatic nitrogens is 2. The van der Waals surface area contributed by atoms with Crippen molar-refractivity contribution in [1.29, 1.82) is 0 Å². The molecule has 5 nitrogen and oxygen atoms in total. The van der Waals surface area contributed by atoms with Crippen LogP contribution < -0.4 is 5.73 Å². The number of benzene rings is 1. The maximum absolute atomic E-state index is 12.2. The lowest BCUT2D eigenvalue weighted by Crippen LogP contribution is -2.15. The number of rotatable bonds is 4. The predicted molar refractivity (Wildman–Crippen MR) is 69.9 cm³/mol. The van der Waals surface area contributed by atoms with E-state index in [1.165, 1.54) is 0 Å². The number of aryl methyl sites for hydroxylation is 1. The highest BCUT2D eigenvalue weighted by Gasteiger charge is 2.17. The van der Waals surface area contributed by atoms with E-state index in [0.29, 0.717) is 22.7 Å². The van der Waals surface area contributed by atoms with E-state index in [0.717, 1.165) is 0 Å². The van der Waals surface area contributed by atoms with Crippen LogP contribution in [0.25, 0.3) is 0 Å². The molecule has 0 saturated carbocycles. The molecule has 1 heterocycles. The minimum Gasteiger partial charge on any atom is -0.398 e. The first-order valence-electron chi connectivity index (χ1n) is 5.56. The average molecular weight is 265 g/mol. The van der Waals surface area contributed by atoms with Crippen molar-refractivity contribution in [3.8, 4) is 0 Å². The van der Waals surface area contributed by atoms with Gasteiger partial charge in [-0.1, -0.05) is 6.07 Å². The molecule has 0 fully saturated rings. The van der Waals surface area contributed by atoms with E-state index in [1.807, 2.05) is 0 Å². The molecule has 0 atom stereocenters. The largest absolute Gasteiger partial charge is 0.398 e. The molecule has 0 aliphatic rings. The van der Waals surface area contributed by atoms with Crippen LogP contribution in [-0.4, -0.2) is 24.0 Å². The number of hydrogen-bond donors (Lipinski definition) is 1. The van der Waals surface area contributed by atoms with E-state index >= 15 is 0 Å². The zero-order valence-corrected chi connectivity index (χ0v) is 10.9. The van der Waals surface area contributed by atoms with Crippen molar-refractivity contribution < 1.29 is 8.42 Å². The molecule has 96 valence electrons. The van der Waals surface area contributed by atoms with Crippen molar-refractivity contribution >= 4 is 15.5 Å². The Morgan fingerprint density at radius 2 is 2.11 bits per heavy atom. The summed E-state index contributed by atoms with van der Waals surface area (Å²) in [4.78, 5) is 0.301. The van der Waals surface area contributed by atoms with Crippen molar-refractivity contribution in [2.75, 3.05) is 11.5 Å². The van der Waals surface area contributed by atoms with E-state index in [2.05, 4.69) is 5.10 Å². The van der Waals surface area contributed by atoms with E-state index in [9.17, 15) is 8.42 Å². The quantitative estimate of drug-likeness (QED) is 0.844. The van der Waals surface area contributed by atoms with E-state index in [1.54, 1.807) is 48.3 Å². The highest BCUT2D eigenvalue weighted by molar-refractivity contribution is 7.91. The van der Waals surface area contributed by atoms with Crippen LogP contribution in [0.3, 0.4) is 0 Å². The average Bonchev–Trinajstić information content (AvgIpc) is 2.83. The maximum atomic E-state index is 12.2. The van der Waals surface area contributed by atoms with Gasteiger partial charge in [0.1, 0.15) is 0 Å². The Bertz CT molecular complexity index is 633. The first kappa shape index (κ1) is 12.6. The number of sulfone groups is 1. The molecule has 2 rings (SSSR count). The van der Waals surface area contributed by atoms with Gasteiger partial charge < -0.3 is 5.73 Å². The number of hydrogen-bond acceptors (Lipinski definition) is 4. The predicted octanol–water partition coefficient (Wildman–Crippen LogP) is 1.25. The Kier molecular flexibility index (Phi) is 3.38. The normalized spacial score (nSPS) is 11.6. The summed E-state index contributed by atoms with van der Waals surface area (Å²) in [5.74, 6) is 0.0129. The summed E-state index contributed by atoms with van der Waals surface area (Å²) in [6.45, 7) is 2.06. The van der Waals surface area contributed by atoms with Gasteiger partial charge in [-0.25, -0.2) is 8.42 Å². The van der Waals surface area contributed by atoms with E-state index < -0.39 is 9.84 Å². The Labute approximate surface area is 106 Å². The topological polar surface area (TPSA) is 78.0 Å². The van der Waals surface area contributed by atoms with Gasteiger partial charge in [0.05, 0.1) is 17.2 Å². The zero-order valence-electron chi connectivity index (χ0n) is 10.1. The van der Waals surface area contributed by atoms with Crippen LogP contribution in [0.15, 0.2) is 41.6 Å². The molecule has 2 N–H and O–H groups in total. The van der Waals surface area contributed by atoms with Gasteiger partial charge in [-0.2, -0.15) is 5.10 Å². The Balaban J connectivity index is 2.23. The third kappa shape index (κ3) is 2.53. The second-order valence-electron chi connectivity index (χ2n) is 4.06. The monoisotopic (exact) mass is 265 g/mol. The fourth-order valence-corrected chi connectivity index (χ4v) is 3.24. The summed E-state index contributed by atoms with van der Waals surface area (Å²) < 4.78 is 26.0. The molecule has 18 heavy (non-hydrogen) atoms. The van der Waals surface area contributed by atoms with Crippen LogP contribution in [0.1, 0.15) is 5.56 Å². The molecular formula is C12H15N3O2S. The van der Waals surface area contributed by atoms with Crippen LogP contribution in [0.4, 0.5) is 5.69 Å². The molecule has 0 aliphatic heterocycles. The molecule has 0 bridgehead atoms. The Morgan fingerprint density at radius 3 is 2.78 bits per heavy atom. The molecule has 0 aliphatic carbocycles. The third-order valence-corrected chi connectivity index (χ3v) is 4.64. The summed E-state index contributed by atoms with van der Waals surface area (Å²) in [6, 6.07) is 6.70. The molecule has 6 heteroatoms. The SMILES string of the molecule is Cc1c(N)cccc1S(=O)(=O)CCn1cccn1. The second-order valence-corrected chi connectivity index (χ2v) is 6.14. The van der Waals surface area contributed by atoms with E-state index in [4.69, 9.17) is 5.73 Å². The number of nitrogens with zero attached hydrogens (tertiary/aromatic N) is 2. The molecular weight excluding hydrogens is 250 g/mol. The molecule has 0 unspecified atom stereocenters. The van der Waals surface area contributed by atoms with Crippen LogP contribution in [-0.2, 0) is 16.4 Å². The first-order valence-corrected chi connectivity index (χ1v) is 7.21. The van der Waals surface area contributed by atoms with Gasteiger partial charge in [0.15, 0.2) is 9.84 Å². The van der Waals surface area contributed by atoms with Gasteiger partial charge in [0, 0.05) is 18.1 Å². The van der Waals surface area contributed by atoms with Crippen molar-refractivity contribution in [2.45, 2.75) is 18.4 Å². The minimum atomic E-state index is -3.33. The zero-order chi connectivity index (χ0) is 13.2. The fourth-order valence-electron chi connectivity index (χ4n) is 1.72.